The lowest BCUT2D eigenvalue weighted by Gasteiger charge is -2.04. The van der Waals surface area contributed by atoms with E-state index in [4.69, 9.17) is 21.6 Å². The van der Waals surface area contributed by atoms with Crippen LogP contribution in [0.2, 0.25) is 5.15 Å². The zero-order valence-electron chi connectivity index (χ0n) is 7.95. The van der Waals surface area contributed by atoms with Gasteiger partial charge in [0, 0.05) is 11.6 Å². The summed E-state index contributed by atoms with van der Waals surface area (Å²) in [6, 6.07) is 4.64. The summed E-state index contributed by atoms with van der Waals surface area (Å²) >= 11 is 5.67. The minimum absolute atomic E-state index is 0.0545. The van der Waals surface area contributed by atoms with Gasteiger partial charge in [-0.05, 0) is 6.07 Å². The lowest BCUT2D eigenvalue weighted by molar-refractivity contribution is 0.0958. The van der Waals surface area contributed by atoms with Gasteiger partial charge in [-0.2, -0.15) is 5.26 Å². The molecule has 0 bridgehead atoms. The summed E-state index contributed by atoms with van der Waals surface area (Å²) in [6.45, 7) is -0.0545. The molecule has 1 heterocycles. The van der Waals surface area contributed by atoms with Crippen LogP contribution in [-0.4, -0.2) is 24.5 Å². The topological polar surface area (TPSA) is 75.0 Å². The second kappa shape index (κ2) is 5.17. The first kappa shape index (κ1) is 11.3. The van der Waals surface area contributed by atoms with Crippen LogP contribution in [-0.2, 0) is 0 Å². The van der Waals surface area contributed by atoms with E-state index >= 15 is 0 Å². The number of ether oxygens (including phenoxy) is 1. The number of hydrogen-bond donors (Lipinski definition) is 1. The Hall–Kier alpha value is -1.80. The van der Waals surface area contributed by atoms with Crippen molar-refractivity contribution in [1.29, 1.82) is 5.26 Å². The molecular formula is C9H8ClN3O2. The predicted octanol–water partition coefficient (Wildman–Crippen LogP) is 0.997. The Kier molecular flexibility index (Phi) is 3.89. The second-order valence-corrected chi connectivity index (χ2v) is 2.95. The highest BCUT2D eigenvalue weighted by Crippen LogP contribution is 2.15. The molecule has 0 fully saturated rings. The summed E-state index contributed by atoms with van der Waals surface area (Å²) in [5.41, 5.74) is 0.308. The number of nitrogens with zero attached hydrogens (tertiary/aromatic N) is 2. The van der Waals surface area contributed by atoms with Gasteiger partial charge in [-0.3, -0.25) is 4.79 Å². The molecular weight excluding hydrogens is 218 g/mol. The van der Waals surface area contributed by atoms with E-state index in [9.17, 15) is 4.79 Å². The summed E-state index contributed by atoms with van der Waals surface area (Å²) in [5.74, 6) is -0.135. The average molecular weight is 226 g/mol. The van der Waals surface area contributed by atoms with Crippen LogP contribution in [0.5, 0.6) is 5.88 Å². The first-order valence-electron chi connectivity index (χ1n) is 4.04. The number of carbonyl (C=O) groups excluding carboxylic acids is 1. The Balaban J connectivity index is 2.89. The highest BCUT2D eigenvalue weighted by Gasteiger charge is 2.08. The summed E-state index contributed by atoms with van der Waals surface area (Å²) in [6.07, 6.45) is 0. The average Bonchev–Trinajstić information content (AvgIpc) is 2.24. The Morgan fingerprint density at radius 1 is 1.73 bits per heavy atom. The first-order chi connectivity index (χ1) is 7.17. The van der Waals surface area contributed by atoms with Crippen LogP contribution in [0.1, 0.15) is 10.4 Å². The van der Waals surface area contributed by atoms with E-state index in [1.165, 1.54) is 19.2 Å². The van der Waals surface area contributed by atoms with Crippen molar-refractivity contribution >= 4 is 17.5 Å². The Morgan fingerprint density at radius 2 is 2.47 bits per heavy atom. The molecule has 0 aliphatic rings. The molecule has 1 aromatic rings. The fourth-order valence-corrected chi connectivity index (χ4v) is 1.13. The summed E-state index contributed by atoms with van der Waals surface area (Å²) < 4.78 is 4.85. The molecule has 0 saturated heterocycles. The summed E-state index contributed by atoms with van der Waals surface area (Å²) in [7, 11) is 1.43. The zero-order valence-corrected chi connectivity index (χ0v) is 8.71. The minimum atomic E-state index is -0.390. The molecule has 15 heavy (non-hydrogen) atoms. The second-order valence-electron chi connectivity index (χ2n) is 2.56. The Labute approximate surface area is 91.6 Å². The molecule has 6 heteroatoms. The van der Waals surface area contributed by atoms with Crippen LogP contribution in [0, 0.1) is 11.3 Å². The van der Waals surface area contributed by atoms with Gasteiger partial charge in [-0.25, -0.2) is 4.98 Å². The van der Waals surface area contributed by atoms with Crippen molar-refractivity contribution < 1.29 is 9.53 Å². The maximum absolute atomic E-state index is 11.4. The quantitative estimate of drug-likeness (QED) is 0.615. The Morgan fingerprint density at radius 3 is 3.07 bits per heavy atom. The standard InChI is InChI=1S/C9H8ClN3O2/c1-15-8-5-6(4-7(10)13-8)9(14)12-3-2-11/h4-5H,3H2,1H3,(H,12,14). The molecule has 0 saturated carbocycles. The van der Waals surface area contributed by atoms with Gasteiger partial charge in [0.1, 0.15) is 11.7 Å². The van der Waals surface area contributed by atoms with Crippen molar-refractivity contribution in [2.24, 2.45) is 0 Å². The monoisotopic (exact) mass is 225 g/mol. The molecule has 0 spiro atoms. The van der Waals surface area contributed by atoms with E-state index in [0.717, 1.165) is 0 Å². The Bertz CT molecular complexity index is 414. The van der Waals surface area contributed by atoms with Gasteiger partial charge in [0.25, 0.3) is 5.91 Å². The van der Waals surface area contributed by atoms with Gasteiger partial charge in [0.05, 0.1) is 13.2 Å². The number of methoxy groups -OCH3 is 1. The predicted molar refractivity (Wildman–Crippen MR) is 53.7 cm³/mol. The summed E-state index contributed by atoms with van der Waals surface area (Å²) in [5, 5.41) is 10.8. The molecule has 0 aromatic carbocycles. The third-order valence-corrected chi connectivity index (χ3v) is 1.76. The molecule has 0 aliphatic carbocycles. The molecule has 0 aliphatic heterocycles. The highest BCUT2D eigenvalue weighted by molar-refractivity contribution is 6.29. The number of nitriles is 1. The zero-order chi connectivity index (χ0) is 11.3. The van der Waals surface area contributed by atoms with Crippen molar-refractivity contribution in [3.05, 3.63) is 22.8 Å². The van der Waals surface area contributed by atoms with Crippen LogP contribution in [0.15, 0.2) is 12.1 Å². The fraction of sp³-hybridized carbons (Fsp3) is 0.222. The van der Waals surface area contributed by atoms with Crippen LogP contribution in [0.3, 0.4) is 0 Å². The van der Waals surface area contributed by atoms with Crippen molar-refractivity contribution in [3.63, 3.8) is 0 Å². The minimum Gasteiger partial charge on any atom is -0.481 e. The third kappa shape index (κ3) is 3.11. The van der Waals surface area contributed by atoms with Gasteiger partial charge >= 0.3 is 0 Å². The normalized spacial score (nSPS) is 9.13. The molecule has 1 rings (SSSR count). The lowest BCUT2D eigenvalue weighted by Crippen LogP contribution is -2.23. The van der Waals surface area contributed by atoms with Crippen molar-refractivity contribution in [2.75, 3.05) is 13.7 Å². The largest absolute Gasteiger partial charge is 0.481 e. The number of amides is 1. The summed E-state index contributed by atoms with van der Waals surface area (Å²) in [4.78, 5) is 15.2. The molecule has 0 unspecified atom stereocenters. The van der Waals surface area contributed by atoms with Gasteiger partial charge in [-0.1, -0.05) is 11.6 Å². The SMILES string of the molecule is COc1cc(C(=O)NCC#N)cc(Cl)n1. The smallest absolute Gasteiger partial charge is 0.252 e. The number of halogens is 1. The van der Waals surface area contributed by atoms with Crippen molar-refractivity contribution in [3.8, 4) is 11.9 Å². The maximum atomic E-state index is 11.4. The first-order valence-corrected chi connectivity index (χ1v) is 4.42. The number of rotatable bonds is 3. The highest BCUT2D eigenvalue weighted by atomic mass is 35.5. The van der Waals surface area contributed by atoms with Gasteiger partial charge in [-0.15, -0.1) is 0 Å². The van der Waals surface area contributed by atoms with Crippen LogP contribution in [0.4, 0.5) is 0 Å². The van der Waals surface area contributed by atoms with E-state index in [1.807, 2.05) is 0 Å². The van der Waals surface area contributed by atoms with E-state index in [-0.39, 0.29) is 23.5 Å². The van der Waals surface area contributed by atoms with Gasteiger partial charge in [0.15, 0.2) is 0 Å². The van der Waals surface area contributed by atoms with Gasteiger partial charge in [0.2, 0.25) is 5.88 Å². The lowest BCUT2D eigenvalue weighted by atomic mass is 10.2. The number of pyridine rings is 1. The third-order valence-electron chi connectivity index (χ3n) is 1.57. The van der Waals surface area contributed by atoms with Gasteiger partial charge < -0.3 is 10.1 Å². The molecule has 0 atom stereocenters. The molecule has 78 valence electrons. The van der Waals surface area contributed by atoms with Crippen LogP contribution >= 0.6 is 11.6 Å². The molecule has 1 amide bonds. The van der Waals surface area contributed by atoms with Crippen molar-refractivity contribution in [2.45, 2.75) is 0 Å². The number of carbonyl (C=O) groups is 1. The number of nitrogens with one attached hydrogen (secondary N) is 1. The van der Waals surface area contributed by atoms with E-state index in [1.54, 1.807) is 6.07 Å². The van der Waals surface area contributed by atoms with E-state index in [0.29, 0.717) is 5.56 Å². The molecule has 0 radical (unpaired) electrons. The van der Waals surface area contributed by atoms with E-state index < -0.39 is 0 Å². The molecule has 5 nitrogen and oxygen atoms in total. The number of aromatic nitrogens is 1. The fourth-order valence-electron chi connectivity index (χ4n) is 0.930. The molecule has 1 aromatic heterocycles. The maximum Gasteiger partial charge on any atom is 0.252 e. The molecule has 1 N–H and O–H groups in total. The van der Waals surface area contributed by atoms with Crippen LogP contribution in [0.25, 0.3) is 0 Å². The van der Waals surface area contributed by atoms with E-state index in [2.05, 4.69) is 10.3 Å². The number of hydrogen-bond acceptors (Lipinski definition) is 4. The van der Waals surface area contributed by atoms with Crippen molar-refractivity contribution in [1.82, 2.24) is 10.3 Å². The van der Waals surface area contributed by atoms with Crippen LogP contribution < -0.4 is 10.1 Å².